The average molecular weight is 1080 g/mol. The van der Waals surface area contributed by atoms with Crippen LogP contribution in [0.25, 0.3) is 0 Å². The van der Waals surface area contributed by atoms with Crippen molar-refractivity contribution in [1.29, 1.82) is 0 Å². The van der Waals surface area contributed by atoms with E-state index in [4.69, 9.17) is 0 Å². The summed E-state index contributed by atoms with van der Waals surface area (Å²) < 4.78 is 377. The van der Waals surface area contributed by atoms with Gasteiger partial charge in [-0.2, -0.15) is 140 Å². The topological polar surface area (TPSA) is 0 Å². The third-order valence-corrected chi connectivity index (χ3v) is 11.1. The molecule has 0 amide bonds. The molecule has 29 heteroatoms. The van der Waals surface area contributed by atoms with E-state index in [-0.39, 0.29) is 10.9 Å². The fourth-order valence-corrected chi connectivity index (χ4v) is 8.05. The molecule has 0 aliphatic heterocycles. The lowest BCUT2D eigenvalue weighted by Crippen LogP contribution is -2.75. The maximum Gasteiger partial charge on any atom is 0.416 e. The van der Waals surface area contributed by atoms with Crippen molar-refractivity contribution in [2.75, 3.05) is 12.5 Å². The summed E-state index contributed by atoms with van der Waals surface area (Å²) in [6.07, 6.45) is -54.9. The molecule has 0 saturated heterocycles. The number of hydrogen-bond acceptors (Lipinski definition) is 0. The fraction of sp³-hybridized carbons (Fsp3) is 0.286. The van der Waals surface area contributed by atoms with Crippen LogP contribution in [0.4, 0.5) is 119 Å². The molecule has 5 aromatic carbocycles. The minimum Gasteiger partial charge on any atom is -0.194 e. The molecule has 0 nitrogen and oxygen atoms in total. The smallest absolute Gasteiger partial charge is 0.194 e. The van der Waals surface area contributed by atoms with Gasteiger partial charge < -0.3 is 0 Å². The zero-order chi connectivity index (χ0) is 54.7. The molecule has 0 heterocycles. The Kier molecular flexibility index (Phi) is 15.8. The molecule has 5 rings (SSSR count). The van der Waals surface area contributed by atoms with Crippen LogP contribution in [-0.4, -0.2) is 18.7 Å². The van der Waals surface area contributed by atoms with Crippen molar-refractivity contribution >= 4 is 38.9 Å². The summed E-state index contributed by atoms with van der Waals surface area (Å²) in [7, 11) is 0.224. The van der Waals surface area contributed by atoms with Crippen molar-refractivity contribution in [2.45, 2.75) is 61.3 Å². The predicted molar refractivity (Wildman–Crippen MR) is 204 cm³/mol. The highest BCUT2D eigenvalue weighted by atomic mass is 32.2. The Morgan fingerprint density at radius 1 is 0.268 bits per heavy atom. The predicted octanol–water partition coefficient (Wildman–Crippen LogP) is 14.3. The normalized spacial score (nSPS) is 13.9. The SMILES string of the molecule is C[S+](C)Cc1ccc(C(F)(F)F)cc1.FC(F)(F)c1cc([B-](c2cc(C(F)(F)F)cc(C(F)(F)F)c2)(c2cc(C(F)(F)F)cc(C(F)(F)F)c2)c2cc(C(F)(F)F)cc(C(F)(F)F)c2)cc(C(F)(F)F)c1. The first-order valence-corrected chi connectivity index (χ1v) is 20.9. The second-order valence-electron chi connectivity index (χ2n) is 15.5. The summed E-state index contributed by atoms with van der Waals surface area (Å²) in [4.78, 5) is 0. The van der Waals surface area contributed by atoms with Gasteiger partial charge in [-0.25, -0.2) is 0 Å². The molecule has 0 aliphatic carbocycles. The zero-order valence-electron chi connectivity index (χ0n) is 34.6. The maximum atomic E-state index is 14.2. The third-order valence-electron chi connectivity index (χ3n) is 10.2. The molecular formula is C42H24BF27S. The van der Waals surface area contributed by atoms with Gasteiger partial charge in [-0.05, 0) is 47.3 Å². The van der Waals surface area contributed by atoms with Crippen molar-refractivity contribution < 1.29 is 119 Å². The third kappa shape index (κ3) is 14.0. The Morgan fingerprint density at radius 3 is 0.577 bits per heavy atom. The minimum absolute atomic E-state index is 0.224. The van der Waals surface area contributed by atoms with Crippen LogP contribution in [0.2, 0.25) is 0 Å². The first-order chi connectivity index (χ1) is 31.7. The highest BCUT2D eigenvalue weighted by molar-refractivity contribution is 7.94. The Hall–Kier alpha value is -5.38. The van der Waals surface area contributed by atoms with E-state index in [0.29, 0.717) is 0 Å². The van der Waals surface area contributed by atoms with Crippen LogP contribution in [0, 0.1) is 0 Å². The summed E-state index contributed by atoms with van der Waals surface area (Å²) in [6.45, 7) is 0. The lowest BCUT2D eigenvalue weighted by Gasteiger charge is -2.46. The van der Waals surface area contributed by atoms with Crippen LogP contribution >= 0.6 is 0 Å². The van der Waals surface area contributed by atoms with E-state index in [2.05, 4.69) is 12.5 Å². The molecule has 0 aliphatic rings. The lowest BCUT2D eigenvalue weighted by molar-refractivity contribution is -0.144. The molecule has 0 aromatic heterocycles. The molecular weight excluding hydrogens is 1060 g/mol. The molecule has 0 N–H and O–H groups in total. The van der Waals surface area contributed by atoms with E-state index in [1.165, 1.54) is 0 Å². The summed E-state index contributed by atoms with van der Waals surface area (Å²) in [6, 6.07) is -3.43. The van der Waals surface area contributed by atoms with E-state index < -0.39 is 206 Å². The summed E-state index contributed by atoms with van der Waals surface area (Å²) >= 11 is 0. The second-order valence-corrected chi connectivity index (χ2v) is 17.8. The minimum atomic E-state index is -6.13. The Balaban J connectivity index is 0.000000671. The van der Waals surface area contributed by atoms with Gasteiger partial charge >= 0.3 is 55.6 Å². The highest BCUT2D eigenvalue weighted by Crippen LogP contribution is 2.41. The number of benzene rings is 5. The quantitative estimate of drug-likeness (QED) is 0.0903. The molecule has 0 atom stereocenters. The fourth-order valence-electron chi connectivity index (χ4n) is 7.19. The van der Waals surface area contributed by atoms with E-state index in [1.807, 2.05) is 0 Å². The van der Waals surface area contributed by atoms with E-state index >= 15 is 0 Å². The summed E-state index contributed by atoms with van der Waals surface area (Å²) in [5, 5.41) is 0. The standard InChI is InChI=1S/C32H12BF24.C10H12F3S/c34-25(35,36)13-1-14(26(37,38)39)6-21(5-13)33(22-7-15(27(40,41)42)2-16(8-22)28(43,44)45,23-9-17(29(46,47)48)3-18(10-23)30(49,50)51)24-11-19(31(52,53)54)4-20(12-24)32(55,56)57;1-14(2)7-8-3-5-9(6-4-8)10(11,12)13/h1-12H;3-6H,7H2,1-2H3/q-1;+1. The largest absolute Gasteiger partial charge is 0.416 e. The number of halogens is 27. The zero-order valence-corrected chi connectivity index (χ0v) is 35.5. The lowest BCUT2D eigenvalue weighted by atomic mass is 9.12. The molecule has 0 spiro atoms. The number of rotatable bonds is 6. The first kappa shape index (κ1) is 58.2. The van der Waals surface area contributed by atoms with Gasteiger partial charge in [-0.3, -0.25) is 0 Å². The molecule has 0 unspecified atom stereocenters. The molecule has 390 valence electrons. The highest BCUT2D eigenvalue weighted by Gasteiger charge is 2.47. The van der Waals surface area contributed by atoms with Crippen LogP contribution in [0.5, 0.6) is 0 Å². The van der Waals surface area contributed by atoms with E-state index in [9.17, 15) is 119 Å². The van der Waals surface area contributed by atoms with Gasteiger partial charge in [0, 0.05) is 5.56 Å². The van der Waals surface area contributed by atoms with Gasteiger partial charge in [-0.15, -0.1) is 0 Å². The van der Waals surface area contributed by atoms with Gasteiger partial charge in [0.15, 0.2) is 0 Å². The maximum absolute atomic E-state index is 14.2. The van der Waals surface area contributed by atoms with Crippen molar-refractivity contribution in [3.05, 3.63) is 153 Å². The van der Waals surface area contributed by atoms with Crippen LogP contribution in [0.3, 0.4) is 0 Å². The van der Waals surface area contributed by atoms with Gasteiger partial charge in [0.2, 0.25) is 0 Å². The van der Waals surface area contributed by atoms with Crippen LogP contribution in [-0.2, 0) is 72.2 Å². The molecule has 0 saturated carbocycles. The first-order valence-electron chi connectivity index (χ1n) is 18.7. The molecule has 0 radical (unpaired) electrons. The summed E-state index contributed by atoms with van der Waals surface area (Å²) in [5.74, 6) is 0.845. The van der Waals surface area contributed by atoms with E-state index in [0.717, 1.165) is 23.4 Å². The Bertz CT molecular complexity index is 2230. The van der Waals surface area contributed by atoms with Crippen LogP contribution in [0.1, 0.15) is 55.6 Å². The van der Waals surface area contributed by atoms with Crippen LogP contribution < -0.4 is 21.9 Å². The average Bonchev–Trinajstić information content (AvgIpc) is 3.18. The Morgan fingerprint density at radius 2 is 0.437 bits per heavy atom. The van der Waals surface area contributed by atoms with Crippen molar-refractivity contribution in [3.63, 3.8) is 0 Å². The molecule has 0 bridgehead atoms. The van der Waals surface area contributed by atoms with Crippen molar-refractivity contribution in [3.8, 4) is 0 Å². The van der Waals surface area contributed by atoms with Crippen molar-refractivity contribution in [1.82, 2.24) is 0 Å². The molecule has 0 fully saturated rings. The molecule has 71 heavy (non-hydrogen) atoms. The van der Waals surface area contributed by atoms with Crippen LogP contribution in [0.15, 0.2) is 97.1 Å². The van der Waals surface area contributed by atoms with E-state index in [1.54, 1.807) is 12.1 Å². The second kappa shape index (κ2) is 19.2. The van der Waals surface area contributed by atoms with Gasteiger partial charge in [0.1, 0.15) is 11.9 Å². The monoisotopic (exact) mass is 1080 g/mol. The number of hydrogen-bond donors (Lipinski definition) is 0. The number of alkyl halides is 27. The van der Waals surface area contributed by atoms with Gasteiger partial charge in [0.05, 0.1) is 62.6 Å². The Labute approximate surface area is 383 Å². The molecule has 5 aromatic rings. The van der Waals surface area contributed by atoms with Crippen molar-refractivity contribution in [2.24, 2.45) is 0 Å². The van der Waals surface area contributed by atoms with Gasteiger partial charge in [0.25, 0.3) is 0 Å². The van der Waals surface area contributed by atoms with Gasteiger partial charge in [-0.1, -0.05) is 60.7 Å². The summed E-state index contributed by atoms with van der Waals surface area (Å²) in [5.41, 5.74) is -29.8.